The fourth-order valence-electron chi connectivity index (χ4n) is 3.83. The molecular weight excluding hydrogens is 496 g/mol. The minimum absolute atomic E-state index is 0.350. The summed E-state index contributed by atoms with van der Waals surface area (Å²) in [5.74, 6) is -0.358. The minimum Gasteiger partial charge on any atom is -0.318 e. The van der Waals surface area contributed by atoms with Crippen LogP contribution < -0.4 is 4.90 Å². The van der Waals surface area contributed by atoms with Crippen LogP contribution in [0.1, 0.15) is 28.1 Å². The highest BCUT2D eigenvalue weighted by Crippen LogP contribution is 2.39. The molecule has 31 heavy (non-hydrogen) atoms. The van der Waals surface area contributed by atoms with Gasteiger partial charge in [-0.25, -0.2) is 4.90 Å². The standard InChI is InChI=1S/C24H20BrClN2O2S/c1-13-9-18(10-14(2)22(13)25)27-15(3)11-17(16(27)4)12-21-23(29)28(24(30)31-21)20-8-6-5-7-19(20)26/h5-12H,1-4H3/b21-12-. The molecule has 2 aromatic carbocycles. The fourth-order valence-corrected chi connectivity index (χ4v) is 5.11. The highest BCUT2D eigenvalue weighted by atomic mass is 79.9. The molecule has 0 aliphatic carbocycles. The van der Waals surface area contributed by atoms with Crippen LogP contribution in [0.25, 0.3) is 11.8 Å². The summed E-state index contributed by atoms with van der Waals surface area (Å²) in [7, 11) is 0. The second kappa shape index (κ2) is 8.34. The Morgan fingerprint density at radius 2 is 1.65 bits per heavy atom. The molecule has 0 unspecified atom stereocenters. The molecule has 2 amide bonds. The first-order valence-corrected chi connectivity index (χ1v) is 11.7. The van der Waals surface area contributed by atoms with E-state index in [2.05, 4.69) is 46.5 Å². The van der Waals surface area contributed by atoms with Crippen molar-refractivity contribution in [2.45, 2.75) is 27.7 Å². The van der Waals surface area contributed by atoms with Crippen molar-refractivity contribution in [2.24, 2.45) is 0 Å². The van der Waals surface area contributed by atoms with Crippen molar-refractivity contribution in [3.8, 4) is 5.69 Å². The third-order valence-electron chi connectivity index (χ3n) is 5.32. The van der Waals surface area contributed by atoms with Crippen molar-refractivity contribution in [2.75, 3.05) is 4.90 Å². The monoisotopic (exact) mass is 514 g/mol. The van der Waals surface area contributed by atoms with Crippen molar-refractivity contribution < 1.29 is 9.59 Å². The number of aryl methyl sites for hydroxylation is 3. The Morgan fingerprint density at radius 1 is 1.00 bits per heavy atom. The molecule has 1 aliphatic rings. The average Bonchev–Trinajstić information content (AvgIpc) is 3.15. The zero-order valence-electron chi connectivity index (χ0n) is 17.5. The molecule has 158 valence electrons. The molecular formula is C24H20BrClN2O2S. The van der Waals surface area contributed by atoms with Crippen LogP contribution in [-0.2, 0) is 4.79 Å². The number of rotatable bonds is 3. The lowest BCUT2D eigenvalue weighted by Gasteiger charge is -2.14. The first-order chi connectivity index (χ1) is 14.7. The number of hydrogen-bond acceptors (Lipinski definition) is 3. The van der Waals surface area contributed by atoms with Crippen LogP contribution in [0.4, 0.5) is 10.5 Å². The number of halogens is 2. The number of thioether (sulfide) groups is 1. The van der Waals surface area contributed by atoms with Gasteiger partial charge in [-0.3, -0.25) is 9.59 Å². The summed E-state index contributed by atoms with van der Waals surface area (Å²) in [6.07, 6.45) is 1.79. The molecule has 1 aromatic heterocycles. The van der Waals surface area contributed by atoms with Gasteiger partial charge in [-0.05, 0) is 92.6 Å². The third kappa shape index (κ3) is 3.88. The third-order valence-corrected chi connectivity index (χ3v) is 7.76. The minimum atomic E-state index is -0.358. The summed E-state index contributed by atoms with van der Waals surface area (Å²) >= 11 is 10.8. The van der Waals surface area contributed by atoms with Crippen LogP contribution in [0.5, 0.6) is 0 Å². The highest BCUT2D eigenvalue weighted by molar-refractivity contribution is 9.10. The summed E-state index contributed by atoms with van der Waals surface area (Å²) in [6.45, 7) is 8.19. The molecule has 0 saturated carbocycles. The van der Waals surface area contributed by atoms with Gasteiger partial charge in [-0.1, -0.05) is 39.7 Å². The van der Waals surface area contributed by atoms with Crippen LogP contribution in [-0.4, -0.2) is 15.7 Å². The number of carbonyl (C=O) groups is 2. The smallest absolute Gasteiger partial charge is 0.298 e. The maximum atomic E-state index is 13.0. The number of hydrogen-bond donors (Lipinski definition) is 0. The van der Waals surface area contributed by atoms with Gasteiger partial charge in [-0.15, -0.1) is 0 Å². The Bertz CT molecular complexity index is 1260. The summed E-state index contributed by atoms with van der Waals surface area (Å²) in [6, 6.07) is 13.2. The Balaban J connectivity index is 1.74. The summed E-state index contributed by atoms with van der Waals surface area (Å²) in [5, 5.41) is 0.0162. The largest absolute Gasteiger partial charge is 0.318 e. The van der Waals surface area contributed by atoms with E-state index in [4.69, 9.17) is 11.6 Å². The summed E-state index contributed by atoms with van der Waals surface area (Å²) < 4.78 is 3.27. The lowest BCUT2D eigenvalue weighted by Crippen LogP contribution is -2.27. The normalized spacial score (nSPS) is 15.4. The quantitative estimate of drug-likeness (QED) is 0.342. The van der Waals surface area contributed by atoms with Gasteiger partial charge >= 0.3 is 0 Å². The predicted molar refractivity (Wildman–Crippen MR) is 132 cm³/mol. The van der Waals surface area contributed by atoms with Crippen LogP contribution in [0.3, 0.4) is 0 Å². The van der Waals surface area contributed by atoms with Gasteiger partial charge in [0.2, 0.25) is 0 Å². The summed E-state index contributed by atoms with van der Waals surface area (Å²) in [4.78, 5) is 27.1. The zero-order valence-corrected chi connectivity index (χ0v) is 20.7. The van der Waals surface area contributed by atoms with Crippen molar-refractivity contribution in [3.63, 3.8) is 0 Å². The molecule has 4 rings (SSSR count). The zero-order chi connectivity index (χ0) is 22.4. The van der Waals surface area contributed by atoms with Crippen molar-refractivity contribution in [1.82, 2.24) is 4.57 Å². The van der Waals surface area contributed by atoms with E-state index in [1.165, 1.54) is 0 Å². The topological polar surface area (TPSA) is 42.3 Å². The number of anilines is 1. The molecule has 1 aliphatic heterocycles. The van der Waals surface area contributed by atoms with Gasteiger partial charge in [0.05, 0.1) is 15.6 Å². The Kier molecular flexibility index (Phi) is 5.90. The molecule has 1 saturated heterocycles. The van der Waals surface area contributed by atoms with Gasteiger partial charge < -0.3 is 4.57 Å². The van der Waals surface area contributed by atoms with Crippen LogP contribution >= 0.6 is 39.3 Å². The van der Waals surface area contributed by atoms with Crippen molar-refractivity contribution >= 4 is 62.2 Å². The fraction of sp³-hybridized carbons (Fsp3) is 0.167. The number of carbonyl (C=O) groups excluding carboxylic acids is 2. The van der Waals surface area contributed by atoms with E-state index in [1.807, 2.05) is 19.9 Å². The second-order valence-electron chi connectivity index (χ2n) is 7.52. The maximum Gasteiger partial charge on any atom is 0.298 e. The van der Waals surface area contributed by atoms with E-state index < -0.39 is 0 Å². The van der Waals surface area contributed by atoms with Crippen LogP contribution in [0.2, 0.25) is 5.02 Å². The number of nitrogens with zero attached hydrogens (tertiary/aromatic N) is 2. The van der Waals surface area contributed by atoms with Gasteiger partial charge in [0.15, 0.2) is 0 Å². The van der Waals surface area contributed by atoms with Crippen molar-refractivity contribution in [3.05, 3.63) is 84.9 Å². The van der Waals surface area contributed by atoms with Crippen LogP contribution in [0, 0.1) is 27.7 Å². The Hall–Kier alpha value is -2.28. The van der Waals surface area contributed by atoms with E-state index >= 15 is 0 Å². The van der Waals surface area contributed by atoms with E-state index in [0.29, 0.717) is 15.6 Å². The number of para-hydroxylation sites is 1. The molecule has 2 heterocycles. The lowest BCUT2D eigenvalue weighted by atomic mass is 10.1. The molecule has 3 aromatic rings. The average molecular weight is 516 g/mol. The molecule has 0 radical (unpaired) electrons. The van der Waals surface area contributed by atoms with Gasteiger partial charge in [0.1, 0.15) is 0 Å². The molecule has 0 bridgehead atoms. The molecule has 7 heteroatoms. The number of aromatic nitrogens is 1. The van der Waals surface area contributed by atoms with E-state index in [9.17, 15) is 9.59 Å². The van der Waals surface area contributed by atoms with Gasteiger partial charge in [-0.2, -0.15) is 0 Å². The SMILES string of the molecule is Cc1cc(-n2c(C)cc(/C=C3\SC(=O)N(c4ccccc4Cl)C3=O)c2C)cc(C)c1Br. The van der Waals surface area contributed by atoms with E-state index in [1.54, 1.807) is 30.3 Å². The Morgan fingerprint density at radius 3 is 2.29 bits per heavy atom. The summed E-state index contributed by atoms with van der Waals surface area (Å²) in [5.41, 5.74) is 6.74. The number of benzene rings is 2. The van der Waals surface area contributed by atoms with Crippen LogP contribution in [0.15, 0.2) is 51.8 Å². The molecule has 4 nitrogen and oxygen atoms in total. The molecule has 0 spiro atoms. The van der Waals surface area contributed by atoms with E-state index in [0.717, 1.165) is 54.9 Å². The first-order valence-electron chi connectivity index (χ1n) is 9.67. The maximum absolute atomic E-state index is 13.0. The number of amides is 2. The van der Waals surface area contributed by atoms with E-state index in [-0.39, 0.29) is 11.1 Å². The number of imide groups is 1. The predicted octanol–water partition coefficient (Wildman–Crippen LogP) is 7.37. The molecule has 0 N–H and O–H groups in total. The highest BCUT2D eigenvalue weighted by Gasteiger charge is 2.37. The molecule has 1 fully saturated rings. The first kappa shape index (κ1) is 21.9. The van der Waals surface area contributed by atoms with Crippen molar-refractivity contribution in [1.29, 1.82) is 0 Å². The Labute approximate surface area is 199 Å². The second-order valence-corrected chi connectivity index (χ2v) is 9.72. The van der Waals surface area contributed by atoms with Gasteiger partial charge in [0, 0.05) is 21.5 Å². The lowest BCUT2D eigenvalue weighted by molar-refractivity contribution is -0.113. The molecule has 0 atom stereocenters. The van der Waals surface area contributed by atoms with Gasteiger partial charge in [0.25, 0.3) is 11.1 Å².